The van der Waals surface area contributed by atoms with Crippen LogP contribution < -0.4 is 0 Å². The van der Waals surface area contributed by atoms with Gasteiger partial charge in [0.05, 0.1) is 12.1 Å². The summed E-state index contributed by atoms with van der Waals surface area (Å²) in [6.45, 7) is 4.14. The minimum absolute atomic E-state index is 0.347. The van der Waals surface area contributed by atoms with Crippen LogP contribution in [0.25, 0.3) is 0 Å². The molecule has 1 aromatic rings. The Morgan fingerprint density at radius 2 is 2.42 bits per heavy atom. The summed E-state index contributed by atoms with van der Waals surface area (Å²) in [6.07, 6.45) is 1.75. The van der Waals surface area contributed by atoms with Gasteiger partial charge in [-0.2, -0.15) is 5.10 Å². The highest BCUT2D eigenvalue weighted by Gasteiger charge is 2.01. The van der Waals surface area contributed by atoms with Crippen molar-refractivity contribution in [2.75, 3.05) is 5.88 Å². The average molecular weight is 183 g/mol. The lowest BCUT2D eigenvalue weighted by atomic mass is 10.3. The van der Waals surface area contributed by atoms with Gasteiger partial charge in [-0.05, 0) is 25.8 Å². The van der Waals surface area contributed by atoms with Gasteiger partial charge in [-0.15, -0.1) is 11.6 Å². The third kappa shape index (κ3) is 2.02. The van der Waals surface area contributed by atoms with Crippen LogP contribution in [-0.2, 0) is 0 Å². The second-order valence-electron chi connectivity index (χ2n) is 2.69. The molecule has 1 rings (SSSR count). The van der Waals surface area contributed by atoms with Crippen molar-refractivity contribution in [2.24, 2.45) is 0 Å². The molecule has 3 heteroatoms. The molecule has 0 saturated heterocycles. The smallest absolute Gasteiger partial charge is 0.111 e. The van der Waals surface area contributed by atoms with E-state index in [9.17, 15) is 0 Å². The Morgan fingerprint density at radius 1 is 1.67 bits per heavy atom. The highest BCUT2D eigenvalue weighted by molar-refractivity contribution is 6.19. The zero-order valence-corrected chi connectivity index (χ0v) is 7.97. The second kappa shape index (κ2) is 4.18. The molecule has 0 atom stereocenters. The Morgan fingerprint density at radius 3 is 3.00 bits per heavy atom. The van der Waals surface area contributed by atoms with E-state index in [4.69, 9.17) is 11.6 Å². The first-order valence-electron chi connectivity index (χ1n) is 3.84. The van der Waals surface area contributed by atoms with Crippen LogP contribution in [0, 0.1) is 11.8 Å². The fourth-order valence-electron chi connectivity index (χ4n) is 0.949. The lowest BCUT2D eigenvalue weighted by Crippen LogP contribution is -2.04. The van der Waals surface area contributed by atoms with Crippen LogP contribution in [0.4, 0.5) is 0 Å². The summed E-state index contributed by atoms with van der Waals surface area (Å²) in [7, 11) is 0. The third-order valence-electron chi connectivity index (χ3n) is 1.44. The molecule has 2 nitrogen and oxygen atoms in total. The molecule has 1 heterocycles. The third-order valence-corrected chi connectivity index (χ3v) is 1.58. The Bertz CT molecular complexity index is 304. The maximum absolute atomic E-state index is 5.45. The Labute approximate surface area is 77.5 Å². The van der Waals surface area contributed by atoms with E-state index in [0.29, 0.717) is 11.9 Å². The van der Waals surface area contributed by atoms with Crippen molar-refractivity contribution < 1.29 is 0 Å². The van der Waals surface area contributed by atoms with Gasteiger partial charge in [0.1, 0.15) is 5.69 Å². The van der Waals surface area contributed by atoms with Crippen LogP contribution >= 0.6 is 11.6 Å². The molecular weight excluding hydrogens is 172 g/mol. The lowest BCUT2D eigenvalue weighted by molar-refractivity contribution is 0.527. The molecule has 0 saturated carbocycles. The zero-order valence-electron chi connectivity index (χ0n) is 7.21. The van der Waals surface area contributed by atoms with E-state index in [1.165, 1.54) is 0 Å². The summed E-state index contributed by atoms with van der Waals surface area (Å²) < 4.78 is 1.87. The summed E-state index contributed by atoms with van der Waals surface area (Å²) in [5.74, 6) is 6.11. The van der Waals surface area contributed by atoms with E-state index in [1.807, 2.05) is 10.7 Å². The van der Waals surface area contributed by atoms with Gasteiger partial charge >= 0.3 is 0 Å². The molecule has 0 amide bonds. The summed E-state index contributed by atoms with van der Waals surface area (Å²) >= 11 is 5.45. The largest absolute Gasteiger partial charge is 0.255 e. The predicted molar refractivity (Wildman–Crippen MR) is 50.2 cm³/mol. The van der Waals surface area contributed by atoms with E-state index in [2.05, 4.69) is 30.8 Å². The monoisotopic (exact) mass is 182 g/mol. The van der Waals surface area contributed by atoms with Crippen molar-refractivity contribution in [3.05, 3.63) is 18.0 Å². The molecule has 0 radical (unpaired) electrons. The number of halogens is 1. The van der Waals surface area contributed by atoms with Crippen molar-refractivity contribution in [1.82, 2.24) is 9.78 Å². The maximum atomic E-state index is 5.45. The van der Waals surface area contributed by atoms with Crippen LogP contribution in [-0.4, -0.2) is 15.7 Å². The van der Waals surface area contributed by atoms with Gasteiger partial charge in [0.25, 0.3) is 0 Å². The molecule has 12 heavy (non-hydrogen) atoms. The van der Waals surface area contributed by atoms with Gasteiger partial charge in [0.2, 0.25) is 0 Å². The summed E-state index contributed by atoms with van der Waals surface area (Å²) in [5, 5.41) is 4.14. The number of aromatic nitrogens is 2. The van der Waals surface area contributed by atoms with Gasteiger partial charge in [0, 0.05) is 6.04 Å². The van der Waals surface area contributed by atoms with E-state index >= 15 is 0 Å². The number of nitrogens with zero attached hydrogens (tertiary/aromatic N) is 2. The van der Waals surface area contributed by atoms with Crippen LogP contribution in [0.2, 0.25) is 0 Å². The molecule has 0 aromatic carbocycles. The molecule has 0 bridgehead atoms. The lowest BCUT2D eigenvalue weighted by Gasteiger charge is -2.05. The summed E-state index contributed by atoms with van der Waals surface area (Å²) in [5.41, 5.74) is 0.922. The normalized spacial score (nSPS) is 9.67. The van der Waals surface area contributed by atoms with Crippen molar-refractivity contribution in [3.8, 4) is 11.8 Å². The highest BCUT2D eigenvalue weighted by atomic mass is 35.5. The predicted octanol–water partition coefficient (Wildman–Crippen LogP) is 2.05. The molecule has 0 spiro atoms. The summed E-state index contributed by atoms with van der Waals surface area (Å²) in [4.78, 5) is 0. The van der Waals surface area contributed by atoms with E-state index in [0.717, 1.165) is 5.69 Å². The number of hydrogen-bond donors (Lipinski definition) is 0. The van der Waals surface area contributed by atoms with Gasteiger partial charge in [0.15, 0.2) is 0 Å². The number of rotatable bonds is 1. The minimum atomic E-state index is 0.347. The SMILES string of the molecule is CC(C)n1nccc1C#CCCl. The van der Waals surface area contributed by atoms with Crippen molar-refractivity contribution >= 4 is 11.6 Å². The van der Waals surface area contributed by atoms with Crippen LogP contribution in [0.15, 0.2) is 12.3 Å². The standard InChI is InChI=1S/C9H11ClN2/c1-8(2)12-9(4-3-6-10)5-7-11-12/h5,7-8H,6H2,1-2H3. The Hall–Kier alpha value is -0.940. The molecule has 64 valence electrons. The molecular formula is C9H11ClN2. The second-order valence-corrected chi connectivity index (χ2v) is 2.96. The van der Waals surface area contributed by atoms with Crippen LogP contribution in [0.3, 0.4) is 0 Å². The van der Waals surface area contributed by atoms with Crippen molar-refractivity contribution in [1.29, 1.82) is 0 Å². The molecule has 0 unspecified atom stereocenters. The van der Waals surface area contributed by atoms with Gasteiger partial charge < -0.3 is 0 Å². The topological polar surface area (TPSA) is 17.8 Å². The van der Waals surface area contributed by atoms with Gasteiger partial charge in [-0.1, -0.05) is 5.92 Å². The van der Waals surface area contributed by atoms with Crippen molar-refractivity contribution in [2.45, 2.75) is 19.9 Å². The Kier molecular flexibility index (Phi) is 3.19. The molecule has 0 fully saturated rings. The fourth-order valence-corrected chi connectivity index (χ4v) is 1.02. The quantitative estimate of drug-likeness (QED) is 0.480. The first-order valence-corrected chi connectivity index (χ1v) is 4.37. The van der Waals surface area contributed by atoms with E-state index in [-0.39, 0.29) is 0 Å². The number of alkyl halides is 1. The Balaban J connectivity index is 2.91. The molecule has 0 aliphatic heterocycles. The van der Waals surface area contributed by atoms with Gasteiger partial charge in [-0.25, -0.2) is 0 Å². The highest BCUT2D eigenvalue weighted by Crippen LogP contribution is 2.05. The maximum Gasteiger partial charge on any atom is 0.111 e. The first-order chi connectivity index (χ1) is 5.75. The van der Waals surface area contributed by atoms with E-state index in [1.54, 1.807) is 6.20 Å². The molecule has 0 aliphatic rings. The zero-order chi connectivity index (χ0) is 8.97. The van der Waals surface area contributed by atoms with Crippen molar-refractivity contribution in [3.63, 3.8) is 0 Å². The molecule has 0 N–H and O–H groups in total. The molecule has 0 aliphatic carbocycles. The molecule has 1 aromatic heterocycles. The summed E-state index contributed by atoms with van der Waals surface area (Å²) in [6, 6.07) is 2.24. The van der Waals surface area contributed by atoms with Crippen LogP contribution in [0.5, 0.6) is 0 Å². The fraction of sp³-hybridized carbons (Fsp3) is 0.444. The van der Waals surface area contributed by atoms with Gasteiger partial charge in [-0.3, -0.25) is 4.68 Å². The first kappa shape index (κ1) is 9.15. The average Bonchev–Trinajstić information content (AvgIpc) is 2.48. The number of hydrogen-bond acceptors (Lipinski definition) is 1. The van der Waals surface area contributed by atoms with Crippen LogP contribution in [0.1, 0.15) is 25.6 Å². The van der Waals surface area contributed by atoms with E-state index < -0.39 is 0 Å². The minimum Gasteiger partial charge on any atom is -0.255 e.